The van der Waals surface area contributed by atoms with Gasteiger partial charge in [0.25, 0.3) is 6.08 Å². The molecule has 4 nitrogen and oxygen atoms in total. The highest BCUT2D eigenvalue weighted by molar-refractivity contribution is 7.99. The first-order valence-corrected chi connectivity index (χ1v) is 5.43. The lowest BCUT2D eigenvalue weighted by molar-refractivity contribution is 0.0692. The Hall–Kier alpha value is -1.37. The van der Waals surface area contributed by atoms with Crippen LogP contribution in [0.15, 0.2) is 17.2 Å². The van der Waals surface area contributed by atoms with E-state index in [0.29, 0.717) is 16.5 Å². The number of aromatic nitrogens is 2. The van der Waals surface area contributed by atoms with Crippen LogP contribution in [0.2, 0.25) is 0 Å². The molecule has 0 atom stereocenters. The average Bonchev–Trinajstić information content (AvgIpc) is 2.54. The quantitative estimate of drug-likeness (QED) is 0.621. The minimum Gasteiger partial charge on any atom is -0.478 e. The van der Waals surface area contributed by atoms with Gasteiger partial charge in [-0.15, -0.1) is 11.8 Å². The Morgan fingerprint density at radius 2 is 2.31 bits per heavy atom. The summed E-state index contributed by atoms with van der Waals surface area (Å²) in [6, 6.07) is 0. The number of aromatic amines is 1. The molecule has 0 aromatic carbocycles. The zero-order valence-electron chi connectivity index (χ0n) is 8.46. The maximum absolute atomic E-state index is 11.7. The molecule has 0 radical (unpaired) electrons. The van der Waals surface area contributed by atoms with Gasteiger partial charge in [0, 0.05) is 5.75 Å². The van der Waals surface area contributed by atoms with Crippen LogP contribution in [0, 0.1) is 6.92 Å². The Bertz CT molecular complexity index is 414. The molecule has 2 N–H and O–H groups in total. The molecule has 0 bridgehead atoms. The highest BCUT2D eigenvalue weighted by atomic mass is 32.2. The topological polar surface area (TPSA) is 66.0 Å². The molecule has 0 aliphatic carbocycles. The van der Waals surface area contributed by atoms with Gasteiger partial charge in [-0.1, -0.05) is 0 Å². The van der Waals surface area contributed by atoms with E-state index in [1.165, 1.54) is 0 Å². The van der Waals surface area contributed by atoms with Crippen LogP contribution in [0.25, 0.3) is 0 Å². The van der Waals surface area contributed by atoms with Gasteiger partial charge in [-0.05, 0) is 19.4 Å². The van der Waals surface area contributed by atoms with E-state index in [-0.39, 0.29) is 12.0 Å². The van der Waals surface area contributed by atoms with E-state index in [9.17, 15) is 13.6 Å². The van der Waals surface area contributed by atoms with Crippen molar-refractivity contribution in [1.29, 1.82) is 0 Å². The zero-order valence-corrected chi connectivity index (χ0v) is 9.27. The second-order valence-electron chi connectivity index (χ2n) is 2.95. The molecule has 16 heavy (non-hydrogen) atoms. The summed E-state index contributed by atoms with van der Waals surface area (Å²) in [5.41, 5.74) is 0.497. The minimum absolute atomic E-state index is 0.106. The van der Waals surface area contributed by atoms with Gasteiger partial charge < -0.3 is 5.11 Å². The summed E-state index contributed by atoms with van der Waals surface area (Å²) in [6.45, 7) is 1.57. The number of carbonyl (C=O) groups is 1. The molecule has 1 aromatic rings. The Kier molecular flexibility index (Phi) is 4.48. The number of thioether (sulfide) groups is 1. The Labute approximate surface area is 94.7 Å². The third-order valence-electron chi connectivity index (χ3n) is 1.79. The molecule has 0 aliphatic rings. The summed E-state index contributed by atoms with van der Waals surface area (Å²) in [4.78, 5) is 10.8. The first-order valence-electron chi connectivity index (χ1n) is 4.44. The number of halogens is 2. The fraction of sp³-hybridized carbons (Fsp3) is 0.333. The smallest absolute Gasteiger partial charge is 0.340 e. The number of aryl methyl sites for hydroxylation is 1. The van der Waals surface area contributed by atoms with Crippen LogP contribution >= 0.6 is 11.8 Å². The molecule has 1 heterocycles. The molecule has 0 unspecified atom stereocenters. The first kappa shape index (κ1) is 12.7. The van der Waals surface area contributed by atoms with E-state index in [1.54, 1.807) is 6.92 Å². The molecule has 0 fully saturated rings. The Morgan fingerprint density at radius 3 is 2.88 bits per heavy atom. The number of nitrogens with one attached hydrogen (secondary N) is 1. The number of H-pyrrole nitrogens is 1. The maximum atomic E-state index is 11.7. The fourth-order valence-electron chi connectivity index (χ4n) is 1.10. The SMILES string of the molecule is Cc1n[nH]c(SCCC=C(F)F)c1C(=O)O. The zero-order chi connectivity index (χ0) is 12.1. The first-order chi connectivity index (χ1) is 7.52. The summed E-state index contributed by atoms with van der Waals surface area (Å²) in [5.74, 6) is -0.694. The van der Waals surface area contributed by atoms with Gasteiger partial charge in [-0.2, -0.15) is 13.9 Å². The Balaban J connectivity index is 2.61. The van der Waals surface area contributed by atoms with Gasteiger partial charge in [-0.25, -0.2) is 4.79 Å². The highest BCUT2D eigenvalue weighted by Gasteiger charge is 2.16. The van der Waals surface area contributed by atoms with Crippen LogP contribution in [0.3, 0.4) is 0 Å². The lowest BCUT2D eigenvalue weighted by Crippen LogP contribution is -1.98. The number of carboxylic acids is 1. The summed E-state index contributed by atoms with van der Waals surface area (Å²) in [6.07, 6.45) is -0.735. The van der Waals surface area contributed by atoms with E-state index in [1.807, 2.05) is 0 Å². The standard InChI is InChI=1S/C9H10F2N2O2S/c1-5-7(9(14)15)8(13-12-5)16-4-2-3-6(10)11/h3H,2,4H2,1H3,(H,12,13)(H,14,15). The number of carboxylic acid groups (broad SMARTS) is 1. The molecule has 0 aliphatic heterocycles. The van der Waals surface area contributed by atoms with Crippen LogP contribution in [0.5, 0.6) is 0 Å². The molecule has 7 heteroatoms. The molecule has 1 aromatic heterocycles. The molecule has 1 rings (SSSR count). The highest BCUT2D eigenvalue weighted by Crippen LogP contribution is 2.23. The number of rotatable bonds is 5. The number of hydrogen-bond donors (Lipinski definition) is 2. The van der Waals surface area contributed by atoms with Crippen molar-refractivity contribution < 1.29 is 18.7 Å². The van der Waals surface area contributed by atoms with Crippen molar-refractivity contribution in [3.63, 3.8) is 0 Å². The van der Waals surface area contributed by atoms with E-state index < -0.39 is 12.0 Å². The van der Waals surface area contributed by atoms with Crippen LogP contribution in [-0.2, 0) is 0 Å². The van der Waals surface area contributed by atoms with Gasteiger partial charge in [-0.3, -0.25) is 5.10 Å². The third-order valence-corrected chi connectivity index (χ3v) is 2.81. The molecular formula is C9H10F2N2O2S. The average molecular weight is 248 g/mol. The number of nitrogens with zero attached hydrogens (tertiary/aromatic N) is 1. The molecule has 88 valence electrons. The van der Waals surface area contributed by atoms with Gasteiger partial charge in [0.1, 0.15) is 10.6 Å². The second-order valence-corrected chi connectivity index (χ2v) is 4.05. The van der Waals surface area contributed by atoms with Crippen molar-refractivity contribution in [3.8, 4) is 0 Å². The Morgan fingerprint density at radius 1 is 1.62 bits per heavy atom. The molecule has 0 saturated heterocycles. The van der Waals surface area contributed by atoms with Crippen molar-refractivity contribution >= 4 is 17.7 Å². The van der Waals surface area contributed by atoms with Crippen molar-refractivity contribution in [2.75, 3.05) is 5.75 Å². The van der Waals surface area contributed by atoms with Crippen molar-refractivity contribution in [3.05, 3.63) is 23.4 Å². The fourth-order valence-corrected chi connectivity index (χ4v) is 2.03. The predicted octanol–water partition coefficient (Wildman–Crippen LogP) is 2.68. The van der Waals surface area contributed by atoms with Crippen LogP contribution in [-0.4, -0.2) is 27.0 Å². The molecule has 0 saturated carbocycles. The van der Waals surface area contributed by atoms with E-state index in [2.05, 4.69) is 10.2 Å². The monoisotopic (exact) mass is 248 g/mol. The van der Waals surface area contributed by atoms with Gasteiger partial charge in [0.2, 0.25) is 0 Å². The van der Waals surface area contributed by atoms with Crippen molar-refractivity contribution in [2.24, 2.45) is 0 Å². The van der Waals surface area contributed by atoms with Crippen LogP contribution in [0.4, 0.5) is 8.78 Å². The third kappa shape index (κ3) is 3.34. The molecular weight excluding hydrogens is 238 g/mol. The lowest BCUT2D eigenvalue weighted by Gasteiger charge is -1.97. The number of allylic oxidation sites excluding steroid dienone is 1. The van der Waals surface area contributed by atoms with Gasteiger partial charge in [0.15, 0.2) is 0 Å². The molecule has 0 amide bonds. The minimum atomic E-state index is -1.72. The summed E-state index contributed by atoms with van der Waals surface area (Å²) in [7, 11) is 0. The number of aromatic carboxylic acids is 1. The summed E-state index contributed by atoms with van der Waals surface area (Å²) >= 11 is 1.16. The largest absolute Gasteiger partial charge is 0.478 e. The maximum Gasteiger partial charge on any atom is 0.340 e. The second kappa shape index (κ2) is 5.64. The van der Waals surface area contributed by atoms with Crippen molar-refractivity contribution in [1.82, 2.24) is 10.2 Å². The van der Waals surface area contributed by atoms with Gasteiger partial charge >= 0.3 is 5.97 Å². The normalized spacial score (nSPS) is 10.2. The van der Waals surface area contributed by atoms with E-state index in [0.717, 1.165) is 17.8 Å². The predicted molar refractivity (Wildman–Crippen MR) is 55.9 cm³/mol. The van der Waals surface area contributed by atoms with E-state index in [4.69, 9.17) is 5.11 Å². The van der Waals surface area contributed by atoms with Crippen LogP contribution in [0.1, 0.15) is 22.5 Å². The lowest BCUT2D eigenvalue weighted by atomic mass is 10.3. The van der Waals surface area contributed by atoms with Gasteiger partial charge in [0.05, 0.1) is 5.69 Å². The number of hydrogen-bond acceptors (Lipinski definition) is 3. The van der Waals surface area contributed by atoms with E-state index >= 15 is 0 Å². The summed E-state index contributed by atoms with van der Waals surface area (Å²) in [5, 5.41) is 15.6. The summed E-state index contributed by atoms with van der Waals surface area (Å²) < 4.78 is 23.4. The molecule has 0 spiro atoms. The van der Waals surface area contributed by atoms with Crippen molar-refractivity contribution in [2.45, 2.75) is 18.4 Å². The van der Waals surface area contributed by atoms with Crippen LogP contribution < -0.4 is 0 Å².